The minimum absolute atomic E-state index is 0.201. The van der Waals surface area contributed by atoms with Gasteiger partial charge in [-0.15, -0.1) is 11.3 Å². The monoisotopic (exact) mass is 441 g/mol. The fourth-order valence-corrected chi connectivity index (χ4v) is 5.13. The van der Waals surface area contributed by atoms with E-state index in [2.05, 4.69) is 10.6 Å². The third kappa shape index (κ3) is 3.69. The van der Waals surface area contributed by atoms with Crippen molar-refractivity contribution in [1.29, 1.82) is 0 Å². The van der Waals surface area contributed by atoms with Crippen molar-refractivity contribution in [1.82, 2.24) is 10.2 Å². The van der Waals surface area contributed by atoms with E-state index >= 15 is 0 Å². The summed E-state index contributed by atoms with van der Waals surface area (Å²) in [4.78, 5) is 51.9. The second kappa shape index (κ2) is 8.14. The summed E-state index contributed by atoms with van der Waals surface area (Å²) in [5.74, 6) is -1.44. The number of hydrogen-bond acceptors (Lipinski definition) is 6. The van der Waals surface area contributed by atoms with E-state index in [1.807, 2.05) is 30.3 Å². The molecular weight excluding hydrogens is 418 g/mol. The fraction of sp³-hybridized carbons (Fsp3) is 0.364. The number of hydrogen-bond donors (Lipinski definition) is 2. The summed E-state index contributed by atoms with van der Waals surface area (Å²) in [6.07, 6.45) is 2.05. The second-order valence-corrected chi connectivity index (χ2v) is 8.67. The zero-order valence-corrected chi connectivity index (χ0v) is 18.1. The Bertz CT molecular complexity index is 1060. The average Bonchev–Trinajstić information content (AvgIpc) is 3.17. The van der Waals surface area contributed by atoms with Crippen molar-refractivity contribution in [3.63, 3.8) is 0 Å². The van der Waals surface area contributed by atoms with Crippen molar-refractivity contribution in [2.24, 2.45) is 0 Å². The van der Waals surface area contributed by atoms with Gasteiger partial charge in [0.05, 0.1) is 12.2 Å². The lowest BCUT2D eigenvalue weighted by atomic mass is 9.77. The van der Waals surface area contributed by atoms with Gasteiger partial charge in [0.15, 0.2) is 0 Å². The molecule has 162 valence electrons. The highest BCUT2D eigenvalue weighted by molar-refractivity contribution is 7.20. The van der Waals surface area contributed by atoms with Crippen LogP contribution in [-0.4, -0.2) is 47.4 Å². The van der Waals surface area contributed by atoms with Crippen molar-refractivity contribution >= 4 is 40.2 Å². The summed E-state index contributed by atoms with van der Waals surface area (Å²) >= 11 is 1.26. The van der Waals surface area contributed by atoms with Gasteiger partial charge in [-0.05, 0) is 44.2 Å². The van der Waals surface area contributed by atoms with Crippen LogP contribution in [0.1, 0.15) is 42.1 Å². The molecule has 1 spiro atoms. The molecule has 2 N–H and O–H groups in total. The maximum Gasteiger partial charge on any atom is 0.341 e. The molecule has 4 amide bonds. The van der Waals surface area contributed by atoms with Crippen LogP contribution in [0, 0.1) is 6.92 Å². The number of amides is 4. The Hall–Kier alpha value is -3.20. The summed E-state index contributed by atoms with van der Waals surface area (Å²) < 4.78 is 5.18. The van der Waals surface area contributed by atoms with Crippen LogP contribution in [0.3, 0.4) is 0 Å². The van der Waals surface area contributed by atoms with Gasteiger partial charge in [0.2, 0.25) is 5.91 Å². The molecule has 2 fully saturated rings. The molecule has 2 heterocycles. The van der Waals surface area contributed by atoms with Crippen LogP contribution in [0.15, 0.2) is 30.3 Å². The van der Waals surface area contributed by atoms with Gasteiger partial charge in [-0.3, -0.25) is 14.5 Å². The van der Waals surface area contributed by atoms with E-state index in [1.54, 1.807) is 13.8 Å². The number of rotatable bonds is 6. The number of imide groups is 1. The Morgan fingerprint density at radius 3 is 2.52 bits per heavy atom. The van der Waals surface area contributed by atoms with E-state index in [0.717, 1.165) is 21.8 Å². The quantitative estimate of drug-likeness (QED) is 0.529. The first-order chi connectivity index (χ1) is 14.9. The molecule has 1 saturated carbocycles. The molecule has 1 saturated heterocycles. The summed E-state index contributed by atoms with van der Waals surface area (Å²) in [6, 6.07) is 8.97. The fourth-order valence-electron chi connectivity index (χ4n) is 3.91. The average molecular weight is 442 g/mol. The number of anilines is 1. The highest BCUT2D eigenvalue weighted by Crippen LogP contribution is 2.40. The molecule has 1 aromatic carbocycles. The van der Waals surface area contributed by atoms with Crippen molar-refractivity contribution in [3.05, 3.63) is 41.5 Å². The first-order valence-electron chi connectivity index (χ1n) is 10.2. The molecule has 4 rings (SSSR count). The van der Waals surface area contributed by atoms with Gasteiger partial charge in [-0.2, -0.15) is 0 Å². The predicted molar refractivity (Wildman–Crippen MR) is 116 cm³/mol. The third-order valence-corrected chi connectivity index (χ3v) is 6.93. The van der Waals surface area contributed by atoms with E-state index in [-0.39, 0.29) is 18.1 Å². The molecule has 0 atom stereocenters. The van der Waals surface area contributed by atoms with Gasteiger partial charge in [0.1, 0.15) is 17.1 Å². The number of carbonyl (C=O) groups excluding carboxylic acids is 4. The van der Waals surface area contributed by atoms with E-state index in [0.29, 0.717) is 23.4 Å². The van der Waals surface area contributed by atoms with Gasteiger partial charge < -0.3 is 15.4 Å². The molecule has 2 aromatic rings. The molecule has 1 aliphatic heterocycles. The Kier molecular flexibility index (Phi) is 5.53. The lowest BCUT2D eigenvalue weighted by molar-refractivity contribution is -0.136. The van der Waals surface area contributed by atoms with Gasteiger partial charge >= 0.3 is 12.0 Å². The second-order valence-electron chi connectivity index (χ2n) is 7.65. The molecule has 1 aliphatic carbocycles. The number of nitrogens with zero attached hydrogens (tertiary/aromatic N) is 1. The number of benzene rings is 1. The number of ether oxygens (including phenoxy) is 1. The molecule has 31 heavy (non-hydrogen) atoms. The number of carbonyl (C=O) groups is 4. The van der Waals surface area contributed by atoms with E-state index < -0.39 is 30.0 Å². The van der Waals surface area contributed by atoms with E-state index in [9.17, 15) is 19.2 Å². The molecule has 0 unspecified atom stereocenters. The molecule has 8 nitrogen and oxygen atoms in total. The first-order valence-corrected chi connectivity index (χ1v) is 11.0. The molecule has 2 aliphatic rings. The largest absolute Gasteiger partial charge is 0.462 e. The van der Waals surface area contributed by atoms with E-state index in [1.165, 1.54) is 11.3 Å². The molecular formula is C22H23N3O5S. The Morgan fingerprint density at radius 1 is 1.23 bits per heavy atom. The predicted octanol–water partition coefficient (Wildman–Crippen LogP) is 3.31. The number of nitrogens with one attached hydrogen (secondary N) is 2. The van der Waals surface area contributed by atoms with Crippen LogP contribution in [0.25, 0.3) is 10.4 Å². The number of urea groups is 1. The van der Waals surface area contributed by atoms with Crippen molar-refractivity contribution in [2.75, 3.05) is 18.5 Å². The number of esters is 1. The zero-order chi connectivity index (χ0) is 22.2. The van der Waals surface area contributed by atoms with Gasteiger partial charge in [-0.1, -0.05) is 30.3 Å². The maximum atomic E-state index is 12.7. The summed E-state index contributed by atoms with van der Waals surface area (Å²) in [5, 5.41) is 5.76. The summed E-state index contributed by atoms with van der Waals surface area (Å²) in [5.41, 5.74) is 1.06. The summed E-state index contributed by atoms with van der Waals surface area (Å²) in [7, 11) is 0. The Balaban J connectivity index is 1.58. The lowest BCUT2D eigenvalue weighted by Gasteiger charge is -2.34. The standard InChI is InChI=1S/C22H23N3O5S/c1-3-30-19(27)16-13(2)17(14-8-5-4-6-9-14)31-18(16)23-15(26)12-25-20(28)22(10-7-11-22)24-21(25)29/h4-6,8-9H,3,7,10-12H2,1-2H3,(H,23,26)(H,24,29). The van der Waals surface area contributed by atoms with Crippen LogP contribution in [0.5, 0.6) is 0 Å². The Morgan fingerprint density at radius 2 is 1.94 bits per heavy atom. The normalized spacial score (nSPS) is 16.8. The van der Waals surface area contributed by atoms with Crippen LogP contribution >= 0.6 is 11.3 Å². The highest BCUT2D eigenvalue weighted by atomic mass is 32.1. The SMILES string of the molecule is CCOC(=O)c1c(NC(=O)CN2C(=O)NC3(CCC3)C2=O)sc(-c2ccccc2)c1C. The highest BCUT2D eigenvalue weighted by Gasteiger charge is 2.55. The van der Waals surface area contributed by atoms with E-state index in [4.69, 9.17) is 4.74 Å². The summed E-state index contributed by atoms with van der Waals surface area (Å²) in [6.45, 7) is 3.31. The van der Waals surface area contributed by atoms with Gasteiger partial charge in [0, 0.05) is 4.88 Å². The van der Waals surface area contributed by atoms with Crippen LogP contribution in [0.4, 0.5) is 9.80 Å². The zero-order valence-electron chi connectivity index (χ0n) is 17.3. The lowest BCUT2D eigenvalue weighted by Crippen LogP contribution is -2.52. The Labute approximate surface area is 183 Å². The minimum Gasteiger partial charge on any atom is -0.462 e. The van der Waals surface area contributed by atoms with Gasteiger partial charge in [0.25, 0.3) is 5.91 Å². The van der Waals surface area contributed by atoms with Crippen LogP contribution in [-0.2, 0) is 14.3 Å². The van der Waals surface area contributed by atoms with Gasteiger partial charge in [-0.25, -0.2) is 9.59 Å². The minimum atomic E-state index is -0.840. The van der Waals surface area contributed by atoms with Crippen molar-refractivity contribution in [2.45, 2.75) is 38.6 Å². The first kappa shape index (κ1) is 21.0. The number of thiophene rings is 1. The maximum absolute atomic E-state index is 12.7. The molecule has 0 radical (unpaired) electrons. The molecule has 1 aromatic heterocycles. The smallest absolute Gasteiger partial charge is 0.341 e. The van der Waals surface area contributed by atoms with Crippen molar-refractivity contribution < 1.29 is 23.9 Å². The third-order valence-electron chi connectivity index (χ3n) is 5.67. The van der Waals surface area contributed by atoms with Crippen LogP contribution in [0.2, 0.25) is 0 Å². The molecule has 9 heteroatoms. The topological polar surface area (TPSA) is 105 Å². The van der Waals surface area contributed by atoms with Crippen LogP contribution < -0.4 is 10.6 Å². The van der Waals surface area contributed by atoms with Crippen molar-refractivity contribution in [3.8, 4) is 10.4 Å². The molecule has 0 bridgehead atoms.